The molecule has 2 aromatic carbocycles. The third-order valence-corrected chi connectivity index (χ3v) is 4.28. The van der Waals surface area contributed by atoms with E-state index in [1.807, 2.05) is 38.1 Å². The number of benzene rings is 2. The van der Waals surface area contributed by atoms with E-state index in [-0.39, 0.29) is 11.8 Å². The highest BCUT2D eigenvalue weighted by Gasteiger charge is 2.12. The molecule has 0 fully saturated rings. The van der Waals surface area contributed by atoms with Gasteiger partial charge in [0.25, 0.3) is 11.8 Å². The number of rotatable bonds is 6. The van der Waals surface area contributed by atoms with Gasteiger partial charge < -0.3 is 10.2 Å². The lowest BCUT2D eigenvalue weighted by Gasteiger charge is -2.18. The third-order valence-electron chi connectivity index (χ3n) is 4.28. The van der Waals surface area contributed by atoms with Crippen molar-refractivity contribution in [2.45, 2.75) is 33.6 Å². The number of amides is 2. The van der Waals surface area contributed by atoms with Gasteiger partial charge in [0.15, 0.2) is 0 Å². The van der Waals surface area contributed by atoms with Gasteiger partial charge in [-0.1, -0.05) is 26.0 Å². The lowest BCUT2D eigenvalue weighted by atomic mass is 10.0. The Balaban J connectivity index is 2.05. The Bertz CT molecular complexity index is 715. The van der Waals surface area contributed by atoms with Gasteiger partial charge in [-0.25, -0.2) is 0 Å². The predicted molar refractivity (Wildman–Crippen MR) is 102 cm³/mol. The molecule has 2 rings (SSSR count). The van der Waals surface area contributed by atoms with E-state index in [0.29, 0.717) is 35.8 Å². The fourth-order valence-corrected chi connectivity index (χ4v) is 2.61. The van der Waals surface area contributed by atoms with E-state index in [9.17, 15) is 9.59 Å². The van der Waals surface area contributed by atoms with E-state index in [0.717, 1.165) is 0 Å². The molecule has 0 aliphatic heterocycles. The van der Waals surface area contributed by atoms with Gasteiger partial charge in [0.05, 0.1) is 0 Å². The molecule has 0 aliphatic carbocycles. The van der Waals surface area contributed by atoms with Gasteiger partial charge in [-0.3, -0.25) is 9.59 Å². The standard InChI is InChI=1S/C21H26N2O2/c1-5-23(6-2)21(25)18-11-13-19(14-12-18)22-20(24)17-9-7-16(8-10-17)15(3)4/h7-15H,5-6H2,1-4H3,(H,22,24). The highest BCUT2D eigenvalue weighted by Crippen LogP contribution is 2.16. The number of hydrogen-bond acceptors (Lipinski definition) is 2. The summed E-state index contributed by atoms with van der Waals surface area (Å²) in [7, 11) is 0. The molecule has 0 aromatic heterocycles. The van der Waals surface area contributed by atoms with Crippen molar-refractivity contribution in [2.75, 3.05) is 18.4 Å². The summed E-state index contributed by atoms with van der Waals surface area (Å²) in [4.78, 5) is 26.4. The van der Waals surface area contributed by atoms with Crippen LogP contribution in [0, 0.1) is 0 Å². The second-order valence-corrected chi connectivity index (χ2v) is 6.29. The van der Waals surface area contributed by atoms with Crippen LogP contribution in [0.1, 0.15) is 59.9 Å². The molecule has 0 aliphatic rings. The van der Waals surface area contributed by atoms with Crippen molar-refractivity contribution >= 4 is 17.5 Å². The number of hydrogen-bond donors (Lipinski definition) is 1. The van der Waals surface area contributed by atoms with Crippen molar-refractivity contribution < 1.29 is 9.59 Å². The van der Waals surface area contributed by atoms with Crippen molar-refractivity contribution in [2.24, 2.45) is 0 Å². The van der Waals surface area contributed by atoms with Gasteiger partial charge in [-0.2, -0.15) is 0 Å². The molecule has 4 heteroatoms. The molecular formula is C21H26N2O2. The molecule has 0 saturated heterocycles. The monoisotopic (exact) mass is 338 g/mol. The Morgan fingerprint density at radius 2 is 1.40 bits per heavy atom. The Labute approximate surface area is 149 Å². The summed E-state index contributed by atoms with van der Waals surface area (Å²) in [6, 6.07) is 14.6. The molecule has 0 unspecified atom stereocenters. The van der Waals surface area contributed by atoms with Crippen LogP contribution in [0.5, 0.6) is 0 Å². The van der Waals surface area contributed by atoms with E-state index in [1.54, 1.807) is 29.2 Å². The third kappa shape index (κ3) is 4.69. The molecule has 4 nitrogen and oxygen atoms in total. The summed E-state index contributed by atoms with van der Waals surface area (Å²) in [6.07, 6.45) is 0. The average Bonchev–Trinajstić information content (AvgIpc) is 2.63. The van der Waals surface area contributed by atoms with Crippen LogP contribution in [-0.2, 0) is 0 Å². The molecule has 2 aromatic rings. The summed E-state index contributed by atoms with van der Waals surface area (Å²) in [5, 5.41) is 2.87. The number of anilines is 1. The van der Waals surface area contributed by atoms with Crippen LogP contribution in [0.25, 0.3) is 0 Å². The lowest BCUT2D eigenvalue weighted by Crippen LogP contribution is -2.30. The van der Waals surface area contributed by atoms with Crippen molar-refractivity contribution in [3.8, 4) is 0 Å². The van der Waals surface area contributed by atoms with E-state index < -0.39 is 0 Å². The highest BCUT2D eigenvalue weighted by molar-refractivity contribution is 6.04. The van der Waals surface area contributed by atoms with E-state index in [4.69, 9.17) is 0 Å². The van der Waals surface area contributed by atoms with Crippen molar-refractivity contribution in [3.63, 3.8) is 0 Å². The Morgan fingerprint density at radius 3 is 1.88 bits per heavy atom. The fourth-order valence-electron chi connectivity index (χ4n) is 2.61. The fraction of sp³-hybridized carbons (Fsp3) is 0.333. The van der Waals surface area contributed by atoms with Crippen LogP contribution in [0.4, 0.5) is 5.69 Å². The largest absolute Gasteiger partial charge is 0.339 e. The summed E-state index contributed by atoms with van der Waals surface area (Å²) in [5.41, 5.74) is 3.13. The maximum absolute atomic E-state index is 12.3. The molecule has 25 heavy (non-hydrogen) atoms. The zero-order valence-corrected chi connectivity index (χ0v) is 15.4. The molecule has 132 valence electrons. The number of nitrogens with one attached hydrogen (secondary N) is 1. The number of nitrogens with zero attached hydrogens (tertiary/aromatic N) is 1. The molecule has 0 spiro atoms. The normalized spacial score (nSPS) is 10.6. The van der Waals surface area contributed by atoms with Crippen LogP contribution in [0.2, 0.25) is 0 Å². The van der Waals surface area contributed by atoms with E-state index >= 15 is 0 Å². The van der Waals surface area contributed by atoms with Crippen LogP contribution in [0.3, 0.4) is 0 Å². The smallest absolute Gasteiger partial charge is 0.255 e. The molecule has 0 radical (unpaired) electrons. The van der Waals surface area contributed by atoms with Gasteiger partial charge >= 0.3 is 0 Å². The first-order valence-corrected chi connectivity index (χ1v) is 8.76. The van der Waals surface area contributed by atoms with E-state index in [1.165, 1.54) is 5.56 Å². The molecular weight excluding hydrogens is 312 g/mol. The van der Waals surface area contributed by atoms with Crippen LogP contribution >= 0.6 is 0 Å². The molecule has 2 amide bonds. The second-order valence-electron chi connectivity index (χ2n) is 6.29. The Kier molecular flexibility index (Phi) is 6.34. The van der Waals surface area contributed by atoms with Crippen LogP contribution in [-0.4, -0.2) is 29.8 Å². The second kappa shape index (κ2) is 8.47. The van der Waals surface area contributed by atoms with Gasteiger partial charge in [0, 0.05) is 29.9 Å². The molecule has 0 saturated carbocycles. The van der Waals surface area contributed by atoms with Crippen molar-refractivity contribution in [1.29, 1.82) is 0 Å². The van der Waals surface area contributed by atoms with Gasteiger partial charge in [0.1, 0.15) is 0 Å². The zero-order valence-electron chi connectivity index (χ0n) is 15.4. The molecule has 0 bridgehead atoms. The zero-order chi connectivity index (χ0) is 18.4. The minimum Gasteiger partial charge on any atom is -0.339 e. The molecule has 0 heterocycles. The predicted octanol–water partition coefficient (Wildman–Crippen LogP) is 4.54. The minimum absolute atomic E-state index is 0.00662. The van der Waals surface area contributed by atoms with Gasteiger partial charge in [-0.15, -0.1) is 0 Å². The highest BCUT2D eigenvalue weighted by atomic mass is 16.2. The van der Waals surface area contributed by atoms with Gasteiger partial charge in [-0.05, 0) is 61.7 Å². The first-order valence-electron chi connectivity index (χ1n) is 8.76. The number of carbonyl (C=O) groups excluding carboxylic acids is 2. The average molecular weight is 338 g/mol. The van der Waals surface area contributed by atoms with Crippen LogP contribution in [0.15, 0.2) is 48.5 Å². The summed E-state index contributed by atoms with van der Waals surface area (Å²) < 4.78 is 0. The quantitative estimate of drug-likeness (QED) is 0.840. The van der Waals surface area contributed by atoms with Crippen molar-refractivity contribution in [1.82, 2.24) is 4.90 Å². The topological polar surface area (TPSA) is 49.4 Å². The van der Waals surface area contributed by atoms with Gasteiger partial charge in [0.2, 0.25) is 0 Å². The lowest BCUT2D eigenvalue weighted by molar-refractivity contribution is 0.0773. The minimum atomic E-state index is -0.155. The summed E-state index contributed by atoms with van der Waals surface area (Å²) in [5.74, 6) is 0.290. The summed E-state index contributed by atoms with van der Waals surface area (Å²) >= 11 is 0. The maximum atomic E-state index is 12.3. The summed E-state index contributed by atoms with van der Waals surface area (Å²) in [6.45, 7) is 9.52. The molecule has 1 N–H and O–H groups in total. The Hall–Kier alpha value is -2.62. The Morgan fingerprint density at radius 1 is 0.880 bits per heavy atom. The number of carbonyl (C=O) groups is 2. The van der Waals surface area contributed by atoms with E-state index in [2.05, 4.69) is 19.2 Å². The van der Waals surface area contributed by atoms with Crippen LogP contribution < -0.4 is 5.32 Å². The molecule has 0 atom stereocenters. The first-order chi connectivity index (χ1) is 12.0. The SMILES string of the molecule is CCN(CC)C(=O)c1ccc(NC(=O)c2ccc(C(C)C)cc2)cc1. The first kappa shape index (κ1) is 18.7. The maximum Gasteiger partial charge on any atom is 0.255 e. The van der Waals surface area contributed by atoms with Crippen molar-refractivity contribution in [3.05, 3.63) is 65.2 Å².